The molecule has 3 fully saturated rings. The number of aliphatic hydroxyl groups is 1. The van der Waals surface area contributed by atoms with Gasteiger partial charge in [-0.3, -0.25) is 14.7 Å². The van der Waals surface area contributed by atoms with Gasteiger partial charge in [0.15, 0.2) is 0 Å². The lowest BCUT2D eigenvalue weighted by atomic mass is 9.95. The Morgan fingerprint density at radius 2 is 2.03 bits per heavy atom. The van der Waals surface area contributed by atoms with Crippen molar-refractivity contribution in [3.05, 3.63) is 60.2 Å². The van der Waals surface area contributed by atoms with Crippen molar-refractivity contribution >= 4 is 17.7 Å². The third-order valence-corrected chi connectivity index (χ3v) is 8.39. The first-order chi connectivity index (χ1) is 18.0. The van der Waals surface area contributed by atoms with Gasteiger partial charge in [-0.25, -0.2) is 9.48 Å². The number of pyridine rings is 1. The lowest BCUT2D eigenvalue weighted by Crippen LogP contribution is -2.36. The quantitative estimate of drug-likeness (QED) is 0.554. The fraction of sp³-hybridized carbons (Fsp3) is 0.385. The normalized spacial score (nSPS) is 28.9. The number of nitrogens with zero attached hydrogens (tertiary/aromatic N) is 7. The predicted molar refractivity (Wildman–Crippen MR) is 128 cm³/mol. The molecule has 4 aliphatic rings. The van der Waals surface area contributed by atoms with E-state index in [-0.39, 0.29) is 36.0 Å². The number of cyclic esters (lactones) is 1. The van der Waals surface area contributed by atoms with Crippen molar-refractivity contribution in [2.24, 2.45) is 11.8 Å². The number of anilines is 1. The van der Waals surface area contributed by atoms with Gasteiger partial charge in [-0.15, -0.1) is 5.10 Å². The average Bonchev–Trinajstić information content (AvgIpc) is 3.52. The van der Waals surface area contributed by atoms with Crippen LogP contribution in [-0.4, -0.2) is 73.8 Å². The summed E-state index contributed by atoms with van der Waals surface area (Å²) in [4.78, 5) is 32.5. The summed E-state index contributed by atoms with van der Waals surface area (Å²) in [6.45, 7) is 0.899. The van der Waals surface area contributed by atoms with Crippen LogP contribution in [0.4, 0.5) is 10.5 Å². The first kappa shape index (κ1) is 21.9. The molecular formula is C26H23N7O4. The van der Waals surface area contributed by atoms with E-state index >= 15 is 0 Å². The first-order valence-corrected chi connectivity index (χ1v) is 12.3. The molecule has 1 N–H and O–H groups in total. The fourth-order valence-corrected chi connectivity index (χ4v) is 6.47. The Balaban J connectivity index is 1.10. The zero-order valence-corrected chi connectivity index (χ0v) is 19.8. The highest BCUT2D eigenvalue weighted by atomic mass is 16.6. The zero-order chi connectivity index (χ0) is 25.3. The van der Waals surface area contributed by atoms with E-state index in [4.69, 9.17) is 9.84 Å². The standard InChI is InChI=1S/C26H23N7O4/c27-14-26(18-10-31(11-19(18)26)24(35)13-34)23-4-2-16(9-28-23)15-1-3-20-17(7-15)8-21-22(37-25(36)33(20)21)12-32-6-5-29-30-32/h1-7,9,18-19,21-22,34H,8,10-13H2/t18-,19+,21-,22-,26-/m0/s1. The summed E-state index contributed by atoms with van der Waals surface area (Å²) in [7, 11) is 0. The fourth-order valence-electron chi connectivity index (χ4n) is 6.47. The van der Waals surface area contributed by atoms with Crippen LogP contribution in [0.2, 0.25) is 0 Å². The van der Waals surface area contributed by atoms with Crippen LogP contribution in [0.25, 0.3) is 11.1 Å². The number of benzene rings is 1. The van der Waals surface area contributed by atoms with Gasteiger partial charge in [-0.1, -0.05) is 17.3 Å². The summed E-state index contributed by atoms with van der Waals surface area (Å²) in [5, 5.41) is 26.9. The molecule has 0 spiro atoms. The number of rotatable bonds is 5. The first-order valence-electron chi connectivity index (χ1n) is 12.3. The number of aromatic nitrogens is 4. The number of hydrogen-bond donors (Lipinski definition) is 1. The van der Waals surface area contributed by atoms with Crippen LogP contribution in [-0.2, 0) is 27.9 Å². The molecule has 11 heteroatoms. The molecular weight excluding hydrogens is 474 g/mol. The van der Waals surface area contributed by atoms with Crippen molar-refractivity contribution in [3.63, 3.8) is 0 Å². The molecule has 0 radical (unpaired) electrons. The molecule has 3 aromatic rings. The second-order valence-electron chi connectivity index (χ2n) is 10.1. The van der Waals surface area contributed by atoms with Crippen LogP contribution >= 0.6 is 0 Å². The Morgan fingerprint density at radius 3 is 2.70 bits per heavy atom. The van der Waals surface area contributed by atoms with Crippen LogP contribution in [0, 0.1) is 23.2 Å². The number of carbonyl (C=O) groups is 2. The second-order valence-corrected chi connectivity index (χ2v) is 10.1. The van der Waals surface area contributed by atoms with Gasteiger partial charge in [-0.2, -0.15) is 5.26 Å². The largest absolute Gasteiger partial charge is 0.442 e. The van der Waals surface area contributed by atoms with Crippen LogP contribution < -0.4 is 4.90 Å². The smallest absolute Gasteiger partial charge is 0.415 e. The molecule has 5 heterocycles. The van der Waals surface area contributed by atoms with Crippen molar-refractivity contribution in [1.29, 1.82) is 5.26 Å². The summed E-state index contributed by atoms with van der Waals surface area (Å²) >= 11 is 0. The average molecular weight is 498 g/mol. The molecule has 11 nitrogen and oxygen atoms in total. The summed E-state index contributed by atoms with van der Waals surface area (Å²) in [6, 6.07) is 12.3. The van der Waals surface area contributed by atoms with E-state index < -0.39 is 12.0 Å². The van der Waals surface area contributed by atoms with Crippen LogP contribution in [0.1, 0.15) is 11.3 Å². The summed E-state index contributed by atoms with van der Waals surface area (Å²) in [5.41, 5.74) is 3.90. The van der Waals surface area contributed by atoms with E-state index in [1.807, 2.05) is 24.3 Å². The van der Waals surface area contributed by atoms with E-state index in [0.717, 1.165) is 28.1 Å². The van der Waals surface area contributed by atoms with Gasteiger partial charge in [0, 0.05) is 42.9 Å². The maximum Gasteiger partial charge on any atom is 0.415 e. The highest BCUT2D eigenvalue weighted by Gasteiger charge is 2.71. The third-order valence-electron chi connectivity index (χ3n) is 8.39. The van der Waals surface area contributed by atoms with Crippen LogP contribution in [0.3, 0.4) is 0 Å². The molecule has 3 aliphatic heterocycles. The minimum Gasteiger partial charge on any atom is -0.442 e. The summed E-state index contributed by atoms with van der Waals surface area (Å²) < 4.78 is 7.29. The Kier molecular flexibility index (Phi) is 4.65. The molecule has 2 amide bonds. The maximum absolute atomic E-state index is 12.6. The molecule has 2 saturated heterocycles. The number of piperidine rings is 1. The van der Waals surface area contributed by atoms with Crippen molar-refractivity contribution in [2.75, 3.05) is 24.6 Å². The van der Waals surface area contributed by atoms with E-state index in [1.54, 1.807) is 33.1 Å². The second kappa shape index (κ2) is 7.85. The molecule has 186 valence electrons. The van der Waals surface area contributed by atoms with Gasteiger partial charge in [0.05, 0.1) is 36.2 Å². The highest BCUT2D eigenvalue weighted by Crippen LogP contribution is 2.62. The molecule has 0 bridgehead atoms. The Labute approximate surface area is 211 Å². The van der Waals surface area contributed by atoms with Crippen molar-refractivity contribution < 1.29 is 19.4 Å². The van der Waals surface area contributed by atoms with Gasteiger partial charge in [0.25, 0.3) is 0 Å². The van der Waals surface area contributed by atoms with Gasteiger partial charge < -0.3 is 14.7 Å². The van der Waals surface area contributed by atoms with Gasteiger partial charge >= 0.3 is 6.09 Å². The van der Waals surface area contributed by atoms with E-state index in [0.29, 0.717) is 26.1 Å². The molecule has 7 rings (SSSR count). The summed E-state index contributed by atoms with van der Waals surface area (Å²) in [6.07, 6.45) is 5.18. The SMILES string of the molecule is N#C[C@@]1(c2ccc(-c3ccc4c(c3)C[C@H]3[C@H](Cn5ccnn5)OC(=O)N43)cn2)[C@@H]2CN(C(=O)CO)C[C@@H]21. The number of hydrogen-bond acceptors (Lipinski definition) is 8. The maximum atomic E-state index is 12.6. The van der Waals surface area contributed by atoms with E-state index in [1.165, 1.54) is 0 Å². The van der Waals surface area contributed by atoms with Crippen molar-refractivity contribution in [2.45, 2.75) is 30.5 Å². The number of carbonyl (C=O) groups excluding carboxylic acids is 2. The monoisotopic (exact) mass is 497 g/mol. The Morgan fingerprint density at radius 1 is 1.22 bits per heavy atom. The van der Waals surface area contributed by atoms with E-state index in [9.17, 15) is 14.9 Å². The van der Waals surface area contributed by atoms with Crippen molar-refractivity contribution in [1.82, 2.24) is 24.9 Å². The molecule has 37 heavy (non-hydrogen) atoms. The molecule has 5 atom stereocenters. The Hall–Kier alpha value is -4.30. The lowest BCUT2D eigenvalue weighted by molar-refractivity contribution is -0.133. The molecule has 2 aromatic heterocycles. The Bertz CT molecular complexity index is 1440. The van der Waals surface area contributed by atoms with Crippen molar-refractivity contribution in [3.8, 4) is 17.2 Å². The van der Waals surface area contributed by atoms with Gasteiger partial charge in [0.2, 0.25) is 5.91 Å². The lowest BCUT2D eigenvalue weighted by Gasteiger charge is -2.22. The number of likely N-dealkylation sites (tertiary alicyclic amines) is 1. The minimum atomic E-state index is -0.674. The molecule has 1 aliphatic carbocycles. The molecule has 1 aromatic carbocycles. The number of fused-ring (bicyclic) bond motifs is 4. The number of amides is 2. The minimum absolute atomic E-state index is 0.0463. The number of ether oxygens (including phenoxy) is 1. The van der Waals surface area contributed by atoms with E-state index in [2.05, 4.69) is 27.4 Å². The molecule has 1 saturated carbocycles. The topological polar surface area (TPSA) is 137 Å². The van der Waals surface area contributed by atoms with Crippen LogP contribution in [0.5, 0.6) is 0 Å². The predicted octanol–water partition coefficient (Wildman–Crippen LogP) is 1.13. The number of nitriles is 1. The van der Waals surface area contributed by atoms with Gasteiger partial charge in [-0.05, 0) is 35.7 Å². The number of aliphatic hydroxyl groups excluding tert-OH is 1. The third kappa shape index (κ3) is 3.12. The van der Waals surface area contributed by atoms with Gasteiger partial charge in [0.1, 0.15) is 18.1 Å². The highest BCUT2D eigenvalue weighted by molar-refractivity contribution is 5.94. The zero-order valence-electron chi connectivity index (χ0n) is 19.8. The van der Waals surface area contributed by atoms with Crippen LogP contribution in [0.15, 0.2) is 48.9 Å². The summed E-state index contributed by atoms with van der Waals surface area (Å²) in [5.74, 6) is -0.201. The molecule has 0 unspecified atom stereocenters.